The maximum absolute atomic E-state index is 5.84. The second kappa shape index (κ2) is 3.10. The quantitative estimate of drug-likeness (QED) is 0.598. The van der Waals surface area contributed by atoms with Crippen molar-refractivity contribution >= 4 is 17.7 Å². The lowest BCUT2D eigenvalue weighted by Crippen LogP contribution is -1.85. The van der Waals surface area contributed by atoms with Crippen LogP contribution in [-0.4, -0.2) is 0 Å². The summed E-state index contributed by atoms with van der Waals surface area (Å²) < 4.78 is 0. The van der Waals surface area contributed by atoms with Gasteiger partial charge >= 0.3 is 0 Å². The summed E-state index contributed by atoms with van der Waals surface area (Å²) in [5, 5.41) is 0.797. The van der Waals surface area contributed by atoms with Crippen LogP contribution in [0.25, 0.3) is 6.08 Å². The first kappa shape index (κ1) is 8.35. The fourth-order valence-electron chi connectivity index (χ4n) is 1.24. The molecule has 0 aliphatic heterocycles. The van der Waals surface area contributed by atoms with Crippen molar-refractivity contribution in [2.45, 2.75) is 13.8 Å². The molecule has 0 fully saturated rings. The van der Waals surface area contributed by atoms with Crippen LogP contribution in [0.1, 0.15) is 16.7 Å². The molecule has 0 aliphatic rings. The van der Waals surface area contributed by atoms with Gasteiger partial charge in [-0.1, -0.05) is 24.3 Å². The molecule has 0 aromatic heterocycles. The van der Waals surface area contributed by atoms with Crippen LogP contribution in [0.4, 0.5) is 0 Å². The van der Waals surface area contributed by atoms with Gasteiger partial charge in [-0.2, -0.15) is 0 Å². The van der Waals surface area contributed by atoms with Gasteiger partial charge in [-0.25, -0.2) is 0 Å². The highest BCUT2D eigenvalue weighted by Gasteiger charge is 1.99. The summed E-state index contributed by atoms with van der Waals surface area (Å²) in [6.07, 6.45) is 1.86. The van der Waals surface area contributed by atoms with Crippen molar-refractivity contribution in [1.82, 2.24) is 0 Å². The molecule has 11 heavy (non-hydrogen) atoms. The first-order chi connectivity index (χ1) is 5.15. The van der Waals surface area contributed by atoms with E-state index in [-0.39, 0.29) is 0 Å². The second-order valence-electron chi connectivity index (χ2n) is 2.66. The van der Waals surface area contributed by atoms with Crippen molar-refractivity contribution in [3.8, 4) is 0 Å². The molecule has 0 N–H and O–H groups in total. The van der Waals surface area contributed by atoms with Crippen molar-refractivity contribution in [3.63, 3.8) is 0 Å². The van der Waals surface area contributed by atoms with E-state index >= 15 is 0 Å². The molecule has 1 aromatic rings. The largest absolute Gasteiger partial charge is 0.0985 e. The smallest absolute Gasteiger partial charge is 0.0411 e. The van der Waals surface area contributed by atoms with E-state index in [4.69, 9.17) is 11.6 Å². The maximum Gasteiger partial charge on any atom is 0.0411 e. The second-order valence-corrected chi connectivity index (χ2v) is 3.09. The number of hydrogen-bond acceptors (Lipinski definition) is 0. The van der Waals surface area contributed by atoms with Crippen molar-refractivity contribution in [2.75, 3.05) is 0 Å². The Morgan fingerprint density at radius 3 is 2.09 bits per heavy atom. The van der Waals surface area contributed by atoms with E-state index < -0.39 is 0 Å². The van der Waals surface area contributed by atoms with Crippen molar-refractivity contribution in [3.05, 3.63) is 40.4 Å². The molecular weight excluding hydrogens is 156 g/mol. The summed E-state index contributed by atoms with van der Waals surface area (Å²) in [6.45, 7) is 7.81. The Kier molecular flexibility index (Phi) is 2.35. The normalized spacial score (nSPS) is 9.73. The first-order valence-corrected chi connectivity index (χ1v) is 3.92. The number of aryl methyl sites for hydroxylation is 2. The van der Waals surface area contributed by atoms with E-state index in [1.54, 1.807) is 0 Å². The van der Waals surface area contributed by atoms with E-state index in [0.29, 0.717) is 0 Å². The van der Waals surface area contributed by atoms with Crippen LogP contribution in [0, 0.1) is 13.8 Å². The Balaban J connectivity index is 3.36. The van der Waals surface area contributed by atoms with Gasteiger partial charge in [0.2, 0.25) is 0 Å². The summed E-state index contributed by atoms with van der Waals surface area (Å²) in [5.74, 6) is 0. The van der Waals surface area contributed by atoms with Crippen LogP contribution in [-0.2, 0) is 0 Å². The van der Waals surface area contributed by atoms with Gasteiger partial charge in [-0.3, -0.25) is 0 Å². The zero-order valence-corrected chi connectivity index (χ0v) is 7.57. The third-order valence-corrected chi connectivity index (χ3v) is 1.98. The molecule has 58 valence electrons. The summed E-state index contributed by atoms with van der Waals surface area (Å²) in [5.41, 5.74) is 3.56. The van der Waals surface area contributed by atoms with E-state index in [1.165, 1.54) is 16.7 Å². The number of benzene rings is 1. The Morgan fingerprint density at radius 2 is 1.73 bits per heavy atom. The molecule has 1 heteroatoms. The zero-order chi connectivity index (χ0) is 8.43. The lowest BCUT2D eigenvalue weighted by Gasteiger charge is -2.04. The van der Waals surface area contributed by atoms with Crippen LogP contribution >= 0.6 is 11.6 Å². The van der Waals surface area contributed by atoms with Crippen LogP contribution in [0.5, 0.6) is 0 Å². The molecule has 0 heterocycles. The van der Waals surface area contributed by atoms with Gasteiger partial charge in [0.15, 0.2) is 0 Å². The summed E-state index contributed by atoms with van der Waals surface area (Å²) in [7, 11) is 0. The van der Waals surface area contributed by atoms with Gasteiger partial charge in [0, 0.05) is 5.02 Å². The van der Waals surface area contributed by atoms with Gasteiger partial charge < -0.3 is 0 Å². The third kappa shape index (κ3) is 1.63. The predicted molar refractivity (Wildman–Crippen MR) is 51.0 cm³/mol. The molecule has 0 saturated heterocycles. The van der Waals surface area contributed by atoms with Gasteiger partial charge in [0.1, 0.15) is 0 Å². The fraction of sp³-hybridized carbons (Fsp3) is 0.200. The van der Waals surface area contributed by atoms with Crippen molar-refractivity contribution < 1.29 is 0 Å². The predicted octanol–water partition coefficient (Wildman–Crippen LogP) is 3.60. The highest BCUT2D eigenvalue weighted by molar-refractivity contribution is 6.30. The number of halogens is 1. The number of hydrogen-bond donors (Lipinski definition) is 0. The summed E-state index contributed by atoms with van der Waals surface area (Å²) >= 11 is 5.84. The molecule has 0 amide bonds. The molecule has 0 radical (unpaired) electrons. The Morgan fingerprint density at radius 1 is 1.27 bits per heavy atom. The topological polar surface area (TPSA) is 0 Å². The Hall–Kier alpha value is -0.750. The lowest BCUT2D eigenvalue weighted by molar-refractivity contribution is 1.36. The highest BCUT2D eigenvalue weighted by Crippen LogP contribution is 2.20. The highest BCUT2D eigenvalue weighted by atomic mass is 35.5. The first-order valence-electron chi connectivity index (χ1n) is 3.54. The number of rotatable bonds is 1. The zero-order valence-electron chi connectivity index (χ0n) is 6.82. The monoisotopic (exact) mass is 166 g/mol. The lowest BCUT2D eigenvalue weighted by atomic mass is 10.0. The molecule has 0 nitrogen and oxygen atoms in total. The Labute approximate surface area is 72.5 Å². The maximum atomic E-state index is 5.84. The average Bonchev–Trinajstić information content (AvgIpc) is 1.85. The van der Waals surface area contributed by atoms with Crippen LogP contribution < -0.4 is 0 Å². The molecule has 0 bridgehead atoms. The van der Waals surface area contributed by atoms with Gasteiger partial charge in [-0.05, 0) is 42.7 Å². The average molecular weight is 167 g/mol. The molecule has 1 aromatic carbocycles. The van der Waals surface area contributed by atoms with Crippen LogP contribution in [0.15, 0.2) is 18.7 Å². The van der Waals surface area contributed by atoms with E-state index in [1.807, 2.05) is 32.1 Å². The molecular formula is C10H11Cl. The fourth-order valence-corrected chi connectivity index (χ4v) is 1.57. The van der Waals surface area contributed by atoms with E-state index in [2.05, 4.69) is 6.58 Å². The van der Waals surface area contributed by atoms with Crippen molar-refractivity contribution in [2.24, 2.45) is 0 Å². The van der Waals surface area contributed by atoms with Crippen molar-refractivity contribution in [1.29, 1.82) is 0 Å². The molecule has 0 atom stereocenters. The molecule has 1 rings (SSSR count). The van der Waals surface area contributed by atoms with Gasteiger partial charge in [-0.15, -0.1) is 0 Å². The van der Waals surface area contributed by atoms with Gasteiger partial charge in [0.05, 0.1) is 0 Å². The summed E-state index contributed by atoms with van der Waals surface area (Å²) in [4.78, 5) is 0. The minimum atomic E-state index is 0.797. The molecule has 0 unspecified atom stereocenters. The van der Waals surface area contributed by atoms with Crippen LogP contribution in [0.2, 0.25) is 5.02 Å². The molecule has 0 spiro atoms. The molecule has 0 saturated carbocycles. The van der Waals surface area contributed by atoms with Gasteiger partial charge in [0.25, 0.3) is 0 Å². The Bertz CT molecular complexity index is 264. The van der Waals surface area contributed by atoms with E-state index in [9.17, 15) is 0 Å². The minimum absolute atomic E-state index is 0.797. The SMILES string of the molecule is C=Cc1c(C)cc(Cl)cc1C. The summed E-state index contributed by atoms with van der Waals surface area (Å²) in [6, 6.07) is 3.90. The third-order valence-electron chi connectivity index (χ3n) is 1.76. The minimum Gasteiger partial charge on any atom is -0.0985 e. The van der Waals surface area contributed by atoms with Crippen LogP contribution in [0.3, 0.4) is 0 Å². The molecule has 0 aliphatic carbocycles. The van der Waals surface area contributed by atoms with E-state index in [0.717, 1.165) is 5.02 Å². The standard InChI is InChI=1S/C10H11Cl/c1-4-10-7(2)5-9(11)6-8(10)3/h4-6H,1H2,2-3H3.